The van der Waals surface area contributed by atoms with E-state index in [1.807, 2.05) is 0 Å². The largest absolute Gasteiger partial charge is 0.308 e. The van der Waals surface area contributed by atoms with Crippen LogP contribution in [0.3, 0.4) is 0 Å². The summed E-state index contributed by atoms with van der Waals surface area (Å²) >= 11 is 0. The first kappa shape index (κ1) is 37.3. The van der Waals surface area contributed by atoms with E-state index in [-0.39, 0.29) is 11.8 Å². The average molecular weight is 778 g/mol. The van der Waals surface area contributed by atoms with E-state index < -0.39 is 0 Å². The molecule has 0 atom stereocenters. The molecule has 0 aliphatic heterocycles. The minimum absolute atomic E-state index is 0.121. The molecule has 0 radical (unpaired) electrons. The summed E-state index contributed by atoms with van der Waals surface area (Å²) in [6.07, 6.45) is 8.34. The molecule has 2 aromatic heterocycles. The van der Waals surface area contributed by atoms with E-state index in [2.05, 4.69) is 127 Å². The van der Waals surface area contributed by atoms with Crippen molar-refractivity contribution in [3.8, 4) is 22.3 Å². The Morgan fingerprint density at radius 2 is 0.780 bits per heavy atom. The van der Waals surface area contributed by atoms with Gasteiger partial charge in [0.05, 0.1) is 16.6 Å². The normalized spacial score (nSPS) is 21.7. The van der Waals surface area contributed by atoms with E-state index in [1.165, 1.54) is 82.7 Å². The number of fused-ring (bicyclic) bond motifs is 10. The highest BCUT2D eigenvalue weighted by molar-refractivity contribution is 6.31. The van der Waals surface area contributed by atoms with Crippen LogP contribution in [0, 0.1) is 11.8 Å². The highest BCUT2D eigenvalue weighted by atomic mass is 16.1. The molecule has 13 rings (SSSR count). The predicted molar refractivity (Wildman–Crippen MR) is 246 cm³/mol. The SMILES string of the molecule is CC(C)c1cccc(C(C)C)c1-c1cc(-c2c(C(C)C)cccc2C(C)C)c2c3cc4c(cc3n3c5cc6c(cc5c1c23)C1CCC(CC1)C6=O)C(=O)C1CCC4CC1. The topological polar surface area (TPSA) is 38.5 Å². The first-order valence-electron chi connectivity index (χ1n) is 23.1. The quantitative estimate of drug-likeness (QED) is 0.169. The van der Waals surface area contributed by atoms with Gasteiger partial charge in [0.25, 0.3) is 0 Å². The molecule has 300 valence electrons. The number of aromatic nitrogens is 1. The second-order valence-electron chi connectivity index (χ2n) is 20.4. The van der Waals surface area contributed by atoms with Gasteiger partial charge < -0.3 is 4.40 Å². The van der Waals surface area contributed by atoms with Crippen LogP contribution in [0.2, 0.25) is 0 Å². The summed E-state index contributed by atoms with van der Waals surface area (Å²) in [4.78, 5) is 29.0. The van der Waals surface area contributed by atoms with Crippen LogP contribution in [0.1, 0.15) is 196 Å². The zero-order valence-electron chi connectivity index (χ0n) is 36.4. The van der Waals surface area contributed by atoms with Crippen molar-refractivity contribution in [1.82, 2.24) is 4.40 Å². The molecule has 59 heavy (non-hydrogen) atoms. The molecule has 2 saturated carbocycles. The molecule has 3 heteroatoms. The van der Waals surface area contributed by atoms with Gasteiger partial charge in [-0.05, 0) is 173 Å². The highest BCUT2D eigenvalue weighted by Gasteiger charge is 2.39. The van der Waals surface area contributed by atoms with Crippen LogP contribution in [-0.2, 0) is 0 Å². The lowest BCUT2D eigenvalue weighted by atomic mass is 9.79. The van der Waals surface area contributed by atoms with Crippen LogP contribution in [-0.4, -0.2) is 16.0 Å². The molecule has 6 aliphatic rings. The number of carbonyl (C=O) groups excluding carboxylic acids is 2. The van der Waals surface area contributed by atoms with Gasteiger partial charge in [-0.25, -0.2) is 0 Å². The van der Waals surface area contributed by atoms with Crippen molar-refractivity contribution < 1.29 is 9.59 Å². The monoisotopic (exact) mass is 777 g/mol. The van der Waals surface area contributed by atoms with Crippen molar-refractivity contribution in [3.63, 3.8) is 0 Å². The number of ketones is 2. The highest BCUT2D eigenvalue weighted by Crippen LogP contribution is 2.55. The van der Waals surface area contributed by atoms with Crippen LogP contribution in [0.4, 0.5) is 0 Å². The third-order valence-corrected chi connectivity index (χ3v) is 15.8. The van der Waals surface area contributed by atoms with Gasteiger partial charge in [0.2, 0.25) is 0 Å². The number of benzene rings is 5. The molecular formula is C56H59NO2. The first-order valence-corrected chi connectivity index (χ1v) is 23.1. The number of hydrogen-bond donors (Lipinski definition) is 0. The van der Waals surface area contributed by atoms with Crippen molar-refractivity contribution in [3.05, 3.63) is 111 Å². The van der Waals surface area contributed by atoms with Gasteiger partial charge in [-0.3, -0.25) is 9.59 Å². The summed E-state index contributed by atoms with van der Waals surface area (Å²) < 4.78 is 2.53. The molecule has 0 spiro atoms. The number of carbonyl (C=O) groups is 2. The van der Waals surface area contributed by atoms with Crippen molar-refractivity contribution in [2.45, 2.75) is 142 Å². The fourth-order valence-electron chi connectivity index (χ4n) is 12.8. The third kappa shape index (κ3) is 5.25. The zero-order chi connectivity index (χ0) is 40.8. The number of rotatable bonds is 6. The zero-order valence-corrected chi connectivity index (χ0v) is 36.4. The molecule has 0 N–H and O–H groups in total. The van der Waals surface area contributed by atoms with Crippen molar-refractivity contribution in [2.24, 2.45) is 11.8 Å². The average Bonchev–Trinajstić information content (AvgIpc) is 3.56. The Balaban J connectivity index is 1.42. The number of hydrogen-bond acceptors (Lipinski definition) is 2. The Morgan fingerprint density at radius 1 is 0.441 bits per heavy atom. The maximum Gasteiger partial charge on any atom is 0.166 e. The fourth-order valence-corrected chi connectivity index (χ4v) is 12.8. The molecule has 2 fully saturated rings. The maximum atomic E-state index is 14.5. The van der Waals surface area contributed by atoms with E-state index in [1.54, 1.807) is 0 Å². The van der Waals surface area contributed by atoms with Gasteiger partial charge in [-0.2, -0.15) is 0 Å². The summed E-state index contributed by atoms with van der Waals surface area (Å²) in [5, 5.41) is 5.10. The molecule has 0 amide bonds. The van der Waals surface area contributed by atoms with Gasteiger partial charge in [0.1, 0.15) is 0 Å². The Hall–Kier alpha value is -4.76. The minimum atomic E-state index is 0.121. The molecular weight excluding hydrogens is 719 g/mol. The second-order valence-corrected chi connectivity index (χ2v) is 20.4. The van der Waals surface area contributed by atoms with Crippen LogP contribution in [0.5, 0.6) is 0 Å². The number of nitrogens with zero attached hydrogens (tertiary/aromatic N) is 1. The molecule has 6 aliphatic carbocycles. The van der Waals surface area contributed by atoms with Gasteiger partial charge in [-0.1, -0.05) is 91.8 Å². The fraction of sp³-hybridized carbons (Fsp3) is 0.429. The molecule has 7 aromatic rings. The van der Waals surface area contributed by atoms with Crippen LogP contribution in [0.15, 0.2) is 66.7 Å². The summed E-state index contributed by atoms with van der Waals surface area (Å²) in [5.74, 6) is 3.06. The summed E-state index contributed by atoms with van der Waals surface area (Å²) in [7, 11) is 0. The molecule has 3 nitrogen and oxygen atoms in total. The Kier molecular flexibility index (Phi) is 8.44. The lowest BCUT2D eigenvalue weighted by Crippen LogP contribution is -2.15. The standard InChI is InChI=1S/C56H59NO2/c1-28(2)36-11-9-12-37(29(3)4)50(36)46-25-47(51-38(30(5)6)13-10-14-39(51)31(7)8)53-45-24-41-33-17-21-35(22-18-33)56(59)43(41)27-49(45)57-48-26-42-40(23-44(48)52(46)54(53)57)32-15-19-34(20-16-32)55(42)58/h9-14,23-35H,15-22H2,1-8H3. The molecule has 4 bridgehead atoms. The maximum absolute atomic E-state index is 14.5. The van der Waals surface area contributed by atoms with Gasteiger partial charge in [0.15, 0.2) is 11.6 Å². The van der Waals surface area contributed by atoms with Crippen molar-refractivity contribution >= 4 is 49.7 Å². The van der Waals surface area contributed by atoms with Crippen molar-refractivity contribution in [2.75, 3.05) is 0 Å². The Bertz CT molecular complexity index is 2650. The number of Topliss-reactive ketones (excluding diaryl/α,β-unsaturated/α-hetero) is 2. The van der Waals surface area contributed by atoms with E-state index >= 15 is 0 Å². The summed E-state index contributed by atoms with van der Waals surface area (Å²) in [6, 6.07) is 26.2. The first-order chi connectivity index (χ1) is 28.4. The van der Waals surface area contributed by atoms with Crippen molar-refractivity contribution in [1.29, 1.82) is 0 Å². The second kappa shape index (κ2) is 13.4. The summed E-state index contributed by atoms with van der Waals surface area (Å²) in [6.45, 7) is 18.8. The van der Waals surface area contributed by atoms with Crippen LogP contribution in [0.25, 0.3) is 60.3 Å². The Labute approximate surface area is 349 Å². The lowest BCUT2D eigenvalue weighted by Gasteiger charge is -2.25. The van der Waals surface area contributed by atoms with Gasteiger partial charge >= 0.3 is 0 Å². The smallest absolute Gasteiger partial charge is 0.166 e. The minimum Gasteiger partial charge on any atom is -0.308 e. The van der Waals surface area contributed by atoms with E-state index in [4.69, 9.17) is 0 Å². The van der Waals surface area contributed by atoms with Crippen LogP contribution >= 0.6 is 0 Å². The Morgan fingerprint density at radius 3 is 1.12 bits per heavy atom. The summed E-state index contributed by atoms with van der Waals surface area (Å²) in [5.41, 5.74) is 18.8. The molecule has 0 saturated heterocycles. The molecule has 2 heterocycles. The lowest BCUT2D eigenvalue weighted by molar-refractivity contribution is 0.0891. The van der Waals surface area contributed by atoms with Gasteiger partial charge in [0, 0.05) is 44.5 Å². The van der Waals surface area contributed by atoms with Gasteiger partial charge in [-0.15, -0.1) is 0 Å². The van der Waals surface area contributed by atoms with E-state index in [0.29, 0.717) is 47.1 Å². The molecule has 0 unspecified atom stereocenters. The molecule has 5 aromatic carbocycles. The third-order valence-electron chi connectivity index (χ3n) is 15.8. The van der Waals surface area contributed by atoms with Crippen LogP contribution < -0.4 is 0 Å². The predicted octanol–water partition coefficient (Wildman–Crippen LogP) is 15.6. The van der Waals surface area contributed by atoms with E-state index in [0.717, 1.165) is 73.5 Å². The van der Waals surface area contributed by atoms with E-state index in [9.17, 15) is 9.59 Å².